The number of hydrogen-bond donors (Lipinski definition) is 1. The maximum Gasteiger partial charge on any atom is 0.252 e. The van der Waals surface area contributed by atoms with Gasteiger partial charge in [0, 0.05) is 24.7 Å². The predicted molar refractivity (Wildman–Crippen MR) is 79.6 cm³/mol. The fraction of sp³-hybridized carbons (Fsp3) is 0.500. The van der Waals surface area contributed by atoms with E-state index in [1.807, 2.05) is 6.07 Å². The number of carbonyl (C=O) groups excluding carboxylic acids is 1. The molecule has 1 aliphatic rings. The van der Waals surface area contributed by atoms with Crippen LogP contribution >= 0.6 is 27.5 Å². The molecule has 0 heterocycles. The van der Waals surface area contributed by atoms with Gasteiger partial charge in [0.2, 0.25) is 0 Å². The molecule has 2 rings (SSSR count). The molecule has 0 aliphatic heterocycles. The van der Waals surface area contributed by atoms with Crippen LogP contribution in [0.25, 0.3) is 0 Å². The summed E-state index contributed by atoms with van der Waals surface area (Å²) < 4.78 is 5.95. The Hall–Kier alpha value is -0.580. The largest absolute Gasteiger partial charge is 0.385 e. The van der Waals surface area contributed by atoms with Gasteiger partial charge in [-0.1, -0.05) is 27.5 Å². The number of methoxy groups -OCH3 is 1. The first-order valence-electron chi connectivity index (χ1n) is 6.28. The van der Waals surface area contributed by atoms with Crippen LogP contribution in [0.1, 0.15) is 29.6 Å². The second kappa shape index (κ2) is 6.25. The summed E-state index contributed by atoms with van der Waals surface area (Å²) in [5, 5.41) is 3.45. The number of rotatable bonds is 6. The second-order valence-electron chi connectivity index (χ2n) is 5.05. The molecule has 104 valence electrons. The summed E-state index contributed by atoms with van der Waals surface area (Å²) in [5.41, 5.74) is 0.753. The van der Waals surface area contributed by atoms with Gasteiger partial charge in [-0.3, -0.25) is 4.79 Å². The van der Waals surface area contributed by atoms with Gasteiger partial charge in [0.1, 0.15) is 0 Å². The van der Waals surface area contributed by atoms with Crippen LogP contribution in [0.5, 0.6) is 0 Å². The Balaban J connectivity index is 1.93. The highest BCUT2D eigenvalue weighted by Gasteiger charge is 2.42. The number of hydrogen-bond acceptors (Lipinski definition) is 2. The van der Waals surface area contributed by atoms with Crippen LogP contribution < -0.4 is 5.32 Å². The minimum absolute atomic E-state index is 0.116. The van der Waals surface area contributed by atoms with E-state index in [1.165, 1.54) is 0 Å². The molecule has 3 nitrogen and oxygen atoms in total. The van der Waals surface area contributed by atoms with E-state index >= 15 is 0 Å². The van der Waals surface area contributed by atoms with E-state index in [0.29, 0.717) is 17.1 Å². The maximum atomic E-state index is 12.1. The van der Waals surface area contributed by atoms with Crippen molar-refractivity contribution < 1.29 is 9.53 Å². The van der Waals surface area contributed by atoms with Crippen LogP contribution in [0.4, 0.5) is 0 Å². The Kier molecular flexibility index (Phi) is 4.87. The zero-order valence-electron chi connectivity index (χ0n) is 10.8. The van der Waals surface area contributed by atoms with Gasteiger partial charge in [0.15, 0.2) is 0 Å². The normalized spacial score (nSPS) is 16.2. The zero-order valence-corrected chi connectivity index (χ0v) is 13.2. The lowest BCUT2D eigenvalue weighted by Crippen LogP contribution is -2.31. The standard InChI is InChI=1S/C14H17BrClNO2/c1-19-7-6-14(4-5-14)9-17-13(18)11-8-10(15)2-3-12(11)16/h2-3,8H,4-7,9H2,1H3,(H,17,18). The van der Waals surface area contributed by atoms with E-state index in [4.69, 9.17) is 16.3 Å². The van der Waals surface area contributed by atoms with E-state index < -0.39 is 0 Å². The molecule has 5 heteroatoms. The number of halogens is 2. The Morgan fingerprint density at radius 1 is 1.53 bits per heavy atom. The summed E-state index contributed by atoms with van der Waals surface area (Å²) in [6, 6.07) is 5.28. The number of amides is 1. The predicted octanol–water partition coefficient (Wildman–Crippen LogP) is 3.65. The monoisotopic (exact) mass is 345 g/mol. The molecule has 0 atom stereocenters. The van der Waals surface area contributed by atoms with Crippen LogP contribution in [-0.4, -0.2) is 26.2 Å². The molecule has 1 aliphatic carbocycles. The molecule has 1 saturated carbocycles. The zero-order chi connectivity index (χ0) is 13.9. The van der Waals surface area contributed by atoms with Gasteiger partial charge in [-0.15, -0.1) is 0 Å². The summed E-state index contributed by atoms with van der Waals surface area (Å²) in [4.78, 5) is 12.1. The molecule has 0 spiro atoms. The number of ether oxygens (including phenoxy) is 1. The third kappa shape index (κ3) is 3.94. The van der Waals surface area contributed by atoms with E-state index in [0.717, 1.165) is 30.3 Å². The van der Waals surface area contributed by atoms with E-state index in [9.17, 15) is 4.79 Å². The first-order chi connectivity index (χ1) is 9.06. The molecular formula is C14H17BrClNO2. The number of nitrogens with one attached hydrogen (secondary N) is 1. The van der Waals surface area contributed by atoms with E-state index in [1.54, 1.807) is 19.2 Å². The SMILES string of the molecule is COCCC1(CNC(=O)c2cc(Br)ccc2Cl)CC1. The summed E-state index contributed by atoms with van der Waals surface area (Å²) in [6.45, 7) is 1.44. The highest BCUT2D eigenvalue weighted by atomic mass is 79.9. The van der Waals surface area contributed by atoms with E-state index in [2.05, 4.69) is 21.2 Å². The molecule has 19 heavy (non-hydrogen) atoms. The third-order valence-electron chi connectivity index (χ3n) is 3.59. The van der Waals surface area contributed by atoms with Crippen molar-refractivity contribution >= 4 is 33.4 Å². The highest BCUT2D eigenvalue weighted by molar-refractivity contribution is 9.10. The quantitative estimate of drug-likeness (QED) is 0.854. The van der Waals surface area contributed by atoms with Crippen LogP contribution in [0.3, 0.4) is 0 Å². The van der Waals surface area contributed by atoms with Gasteiger partial charge in [-0.2, -0.15) is 0 Å². The van der Waals surface area contributed by atoms with Crippen molar-refractivity contribution in [3.8, 4) is 0 Å². The molecule has 0 unspecified atom stereocenters. The van der Waals surface area contributed by atoms with Crippen molar-refractivity contribution in [2.45, 2.75) is 19.3 Å². The average molecular weight is 347 g/mol. The minimum atomic E-state index is -0.116. The second-order valence-corrected chi connectivity index (χ2v) is 6.37. The van der Waals surface area contributed by atoms with Crippen molar-refractivity contribution in [2.24, 2.45) is 5.41 Å². The van der Waals surface area contributed by atoms with Crippen molar-refractivity contribution in [3.05, 3.63) is 33.3 Å². The lowest BCUT2D eigenvalue weighted by Gasteiger charge is -2.15. The van der Waals surface area contributed by atoms with Gasteiger partial charge >= 0.3 is 0 Å². The molecule has 1 N–H and O–H groups in total. The van der Waals surface area contributed by atoms with Gasteiger partial charge in [0.05, 0.1) is 10.6 Å². The fourth-order valence-electron chi connectivity index (χ4n) is 2.05. The molecular weight excluding hydrogens is 330 g/mol. The smallest absolute Gasteiger partial charge is 0.252 e. The Labute approximate surface area is 126 Å². The minimum Gasteiger partial charge on any atom is -0.385 e. The first kappa shape index (κ1) is 14.8. The fourth-order valence-corrected chi connectivity index (χ4v) is 2.61. The van der Waals surface area contributed by atoms with Crippen molar-refractivity contribution in [2.75, 3.05) is 20.3 Å². The molecule has 1 aromatic rings. The van der Waals surface area contributed by atoms with Crippen LogP contribution in [0, 0.1) is 5.41 Å². The summed E-state index contributed by atoms with van der Waals surface area (Å²) in [6.07, 6.45) is 3.31. The third-order valence-corrected chi connectivity index (χ3v) is 4.41. The number of carbonyl (C=O) groups is 1. The van der Waals surface area contributed by atoms with Gasteiger partial charge in [-0.25, -0.2) is 0 Å². The molecule has 1 amide bonds. The molecule has 0 bridgehead atoms. The van der Waals surface area contributed by atoms with E-state index in [-0.39, 0.29) is 11.3 Å². The maximum absolute atomic E-state index is 12.1. The molecule has 0 saturated heterocycles. The Morgan fingerprint density at radius 3 is 2.89 bits per heavy atom. The average Bonchev–Trinajstić information content (AvgIpc) is 3.17. The topological polar surface area (TPSA) is 38.3 Å². The van der Waals surface area contributed by atoms with Gasteiger partial charge < -0.3 is 10.1 Å². The lowest BCUT2D eigenvalue weighted by atomic mass is 10.0. The van der Waals surface area contributed by atoms with Crippen LogP contribution in [0.15, 0.2) is 22.7 Å². The molecule has 1 aromatic carbocycles. The molecule has 0 aromatic heterocycles. The number of benzene rings is 1. The van der Waals surface area contributed by atoms with Crippen molar-refractivity contribution in [1.82, 2.24) is 5.32 Å². The van der Waals surface area contributed by atoms with Crippen molar-refractivity contribution in [3.63, 3.8) is 0 Å². The van der Waals surface area contributed by atoms with Gasteiger partial charge in [0.25, 0.3) is 5.91 Å². The molecule has 1 fully saturated rings. The summed E-state index contributed by atoms with van der Waals surface area (Å²) in [5.74, 6) is -0.116. The van der Waals surface area contributed by atoms with Crippen LogP contribution in [0.2, 0.25) is 5.02 Å². The highest BCUT2D eigenvalue weighted by Crippen LogP contribution is 2.48. The summed E-state index contributed by atoms with van der Waals surface area (Å²) in [7, 11) is 1.70. The first-order valence-corrected chi connectivity index (χ1v) is 7.46. The Bertz CT molecular complexity index is 475. The van der Waals surface area contributed by atoms with Gasteiger partial charge in [-0.05, 0) is 42.9 Å². The lowest BCUT2D eigenvalue weighted by molar-refractivity contribution is 0.0938. The van der Waals surface area contributed by atoms with Crippen molar-refractivity contribution in [1.29, 1.82) is 0 Å². The summed E-state index contributed by atoms with van der Waals surface area (Å²) >= 11 is 9.39. The van der Waals surface area contributed by atoms with Crippen LogP contribution in [-0.2, 0) is 4.74 Å². The Morgan fingerprint density at radius 2 is 2.26 bits per heavy atom. The molecule has 0 radical (unpaired) electrons.